The molecule has 2 fully saturated rings. The number of halogens is 1. The molecule has 0 spiro atoms. The minimum Gasteiger partial charge on any atom is -0.497 e. The van der Waals surface area contributed by atoms with Crippen molar-refractivity contribution in [3.63, 3.8) is 0 Å². The Balaban J connectivity index is 0.00000306. The first-order valence-electron chi connectivity index (χ1n) is 11.3. The monoisotopic (exact) mass is 566 g/mol. The minimum absolute atomic E-state index is 0. The fourth-order valence-corrected chi connectivity index (χ4v) is 4.32. The summed E-state index contributed by atoms with van der Waals surface area (Å²) in [5.74, 6) is 3.49. The number of ether oxygens (including phenoxy) is 2. The van der Waals surface area contributed by atoms with Gasteiger partial charge in [-0.3, -0.25) is 4.99 Å². The summed E-state index contributed by atoms with van der Waals surface area (Å²) in [4.78, 5) is 13.7. The third-order valence-electron chi connectivity index (χ3n) is 6.15. The predicted molar refractivity (Wildman–Crippen MR) is 145 cm³/mol. The van der Waals surface area contributed by atoms with Gasteiger partial charge in [0, 0.05) is 75.9 Å². The Morgan fingerprint density at radius 3 is 2.39 bits per heavy atom. The number of hydrogen-bond acceptors (Lipinski definition) is 6. The quantitative estimate of drug-likeness (QED) is 0.303. The zero-order chi connectivity index (χ0) is 22.3. The largest absolute Gasteiger partial charge is 0.497 e. The third-order valence-corrected chi connectivity index (χ3v) is 6.15. The molecule has 1 unspecified atom stereocenters. The molecule has 0 aliphatic carbocycles. The summed E-state index contributed by atoms with van der Waals surface area (Å²) < 4.78 is 10.8. The van der Waals surface area contributed by atoms with Crippen LogP contribution in [0.4, 0.5) is 11.5 Å². The Bertz CT molecular complexity index is 895. The van der Waals surface area contributed by atoms with Crippen LogP contribution in [0.2, 0.25) is 0 Å². The van der Waals surface area contributed by atoms with E-state index in [1.165, 1.54) is 12.8 Å². The van der Waals surface area contributed by atoms with E-state index in [0.29, 0.717) is 12.6 Å². The highest BCUT2D eigenvalue weighted by atomic mass is 127. The molecule has 2 aliphatic heterocycles. The Kier molecular flexibility index (Phi) is 9.28. The van der Waals surface area contributed by atoms with Crippen LogP contribution < -0.4 is 29.9 Å². The van der Waals surface area contributed by atoms with Crippen LogP contribution in [0.5, 0.6) is 11.5 Å². The van der Waals surface area contributed by atoms with Gasteiger partial charge < -0.3 is 29.9 Å². The van der Waals surface area contributed by atoms with Gasteiger partial charge in [-0.05, 0) is 30.9 Å². The predicted octanol–water partition coefficient (Wildman–Crippen LogP) is 3.26. The third kappa shape index (κ3) is 6.55. The molecule has 0 amide bonds. The van der Waals surface area contributed by atoms with Crippen LogP contribution in [0, 0.1) is 0 Å². The number of guanidine groups is 1. The molecule has 2 aliphatic rings. The van der Waals surface area contributed by atoms with Crippen LogP contribution in [-0.2, 0) is 6.54 Å². The Labute approximate surface area is 213 Å². The number of nitrogens with zero attached hydrogens (tertiary/aromatic N) is 4. The topological polar surface area (TPSA) is 74.3 Å². The second-order valence-electron chi connectivity index (χ2n) is 8.29. The van der Waals surface area contributed by atoms with Crippen molar-refractivity contribution in [2.75, 3.05) is 57.2 Å². The summed E-state index contributed by atoms with van der Waals surface area (Å²) >= 11 is 0. The van der Waals surface area contributed by atoms with Gasteiger partial charge >= 0.3 is 0 Å². The van der Waals surface area contributed by atoms with Crippen molar-refractivity contribution in [2.24, 2.45) is 4.99 Å². The number of nitrogens with one attached hydrogen (secondary N) is 2. The number of rotatable bonds is 7. The van der Waals surface area contributed by atoms with Gasteiger partial charge in [0.05, 0.1) is 14.2 Å². The lowest BCUT2D eigenvalue weighted by molar-refractivity contribution is 0.394. The molecule has 9 heteroatoms. The molecular formula is C24H35IN6O2. The summed E-state index contributed by atoms with van der Waals surface area (Å²) in [7, 11) is 5.17. The van der Waals surface area contributed by atoms with E-state index in [2.05, 4.69) is 54.7 Å². The normalized spacial score (nSPS) is 18.2. The number of anilines is 2. The van der Waals surface area contributed by atoms with E-state index in [0.717, 1.165) is 67.1 Å². The van der Waals surface area contributed by atoms with Crippen LogP contribution in [0.1, 0.15) is 24.8 Å². The summed E-state index contributed by atoms with van der Waals surface area (Å²) in [6.45, 7) is 4.77. The lowest BCUT2D eigenvalue weighted by Gasteiger charge is -2.21. The highest BCUT2D eigenvalue weighted by Crippen LogP contribution is 2.30. The van der Waals surface area contributed by atoms with E-state index in [-0.39, 0.29) is 24.0 Å². The van der Waals surface area contributed by atoms with E-state index >= 15 is 0 Å². The van der Waals surface area contributed by atoms with E-state index in [4.69, 9.17) is 9.47 Å². The molecule has 33 heavy (non-hydrogen) atoms. The highest BCUT2D eigenvalue weighted by molar-refractivity contribution is 14.0. The first kappa shape index (κ1) is 25.2. The second-order valence-corrected chi connectivity index (χ2v) is 8.29. The maximum atomic E-state index is 5.42. The van der Waals surface area contributed by atoms with Gasteiger partial charge in [-0.15, -0.1) is 24.0 Å². The van der Waals surface area contributed by atoms with Gasteiger partial charge in [0.2, 0.25) is 0 Å². The number of aromatic nitrogens is 1. The lowest BCUT2D eigenvalue weighted by Crippen LogP contribution is -2.44. The van der Waals surface area contributed by atoms with Crippen LogP contribution in [0.25, 0.3) is 0 Å². The molecule has 1 aromatic carbocycles. The summed E-state index contributed by atoms with van der Waals surface area (Å²) in [6.07, 6.45) is 5.52. The number of methoxy groups -OCH3 is 2. The van der Waals surface area contributed by atoms with E-state index < -0.39 is 0 Å². The zero-order valence-corrected chi connectivity index (χ0v) is 22.0. The minimum atomic E-state index is 0. The second kappa shape index (κ2) is 12.2. The van der Waals surface area contributed by atoms with Gasteiger partial charge in [0.1, 0.15) is 17.3 Å². The van der Waals surface area contributed by atoms with Gasteiger partial charge in [0.15, 0.2) is 5.96 Å². The van der Waals surface area contributed by atoms with Crippen LogP contribution >= 0.6 is 24.0 Å². The fraction of sp³-hybridized carbons (Fsp3) is 0.500. The lowest BCUT2D eigenvalue weighted by atomic mass is 10.2. The van der Waals surface area contributed by atoms with Crippen molar-refractivity contribution in [2.45, 2.75) is 31.8 Å². The van der Waals surface area contributed by atoms with Crippen molar-refractivity contribution in [1.82, 2.24) is 15.6 Å². The first-order chi connectivity index (χ1) is 15.7. The molecule has 4 rings (SSSR count). The maximum Gasteiger partial charge on any atom is 0.191 e. The zero-order valence-electron chi connectivity index (χ0n) is 19.7. The van der Waals surface area contributed by atoms with E-state index in [9.17, 15) is 0 Å². The molecule has 1 atom stereocenters. The Hall–Kier alpha value is -2.43. The molecule has 2 aromatic rings. The average molecular weight is 566 g/mol. The molecule has 0 radical (unpaired) electrons. The molecule has 2 N–H and O–H groups in total. The van der Waals surface area contributed by atoms with Gasteiger partial charge in [-0.25, -0.2) is 4.98 Å². The first-order valence-corrected chi connectivity index (χ1v) is 11.3. The van der Waals surface area contributed by atoms with Crippen LogP contribution in [0.3, 0.4) is 0 Å². The molecule has 8 nitrogen and oxygen atoms in total. The smallest absolute Gasteiger partial charge is 0.191 e. The summed E-state index contributed by atoms with van der Waals surface area (Å²) in [5.41, 5.74) is 2.25. The van der Waals surface area contributed by atoms with Crippen molar-refractivity contribution < 1.29 is 9.47 Å². The SMILES string of the molecule is CN=C(NCc1ccc(N2CCCC2)nc1)NC1CCN(c2cc(OC)cc(OC)c2)C1.I. The Morgan fingerprint density at radius 2 is 1.79 bits per heavy atom. The molecule has 0 bridgehead atoms. The number of hydrogen-bond donors (Lipinski definition) is 2. The molecule has 2 saturated heterocycles. The van der Waals surface area contributed by atoms with E-state index in [1.807, 2.05) is 19.3 Å². The van der Waals surface area contributed by atoms with Crippen molar-refractivity contribution in [3.05, 3.63) is 42.1 Å². The Morgan fingerprint density at radius 1 is 1.06 bits per heavy atom. The standard InChI is InChI=1S/C24H34N6O2.HI/c1-25-24(27-16-18-6-7-23(26-15-18)29-9-4-5-10-29)28-19-8-11-30(17-19)20-12-21(31-2)14-22(13-20)32-3;/h6-7,12-15,19H,4-5,8-11,16-17H2,1-3H3,(H2,25,27,28);1H. The van der Waals surface area contributed by atoms with Gasteiger partial charge in [0.25, 0.3) is 0 Å². The van der Waals surface area contributed by atoms with Gasteiger partial charge in [-0.2, -0.15) is 0 Å². The van der Waals surface area contributed by atoms with Crippen molar-refractivity contribution >= 4 is 41.4 Å². The van der Waals surface area contributed by atoms with Crippen LogP contribution in [-0.4, -0.2) is 64.4 Å². The number of aliphatic imine (C=N–C) groups is 1. The fourth-order valence-electron chi connectivity index (χ4n) is 4.32. The van der Waals surface area contributed by atoms with Crippen molar-refractivity contribution in [3.8, 4) is 11.5 Å². The van der Waals surface area contributed by atoms with E-state index in [1.54, 1.807) is 14.2 Å². The highest BCUT2D eigenvalue weighted by Gasteiger charge is 2.24. The summed E-state index contributed by atoms with van der Waals surface area (Å²) in [5, 5.41) is 6.97. The van der Waals surface area contributed by atoms with Crippen LogP contribution in [0.15, 0.2) is 41.5 Å². The molecule has 0 saturated carbocycles. The maximum absolute atomic E-state index is 5.42. The van der Waals surface area contributed by atoms with Gasteiger partial charge in [-0.1, -0.05) is 6.07 Å². The molecule has 3 heterocycles. The number of benzene rings is 1. The molecule has 180 valence electrons. The summed E-state index contributed by atoms with van der Waals surface area (Å²) in [6, 6.07) is 10.6. The number of pyridine rings is 1. The average Bonchev–Trinajstić information content (AvgIpc) is 3.54. The molecular weight excluding hydrogens is 531 g/mol. The molecule has 1 aromatic heterocycles. The van der Waals surface area contributed by atoms with Crippen molar-refractivity contribution in [1.29, 1.82) is 0 Å².